The van der Waals surface area contributed by atoms with Crippen LogP contribution in [0.15, 0.2) is 53.4 Å². The molecule has 2 aromatic carbocycles. The molecular formula is C23H21N2O4S2-. The molecule has 1 heterocycles. The number of thioether (sulfide) groups is 1. The van der Waals surface area contributed by atoms with E-state index in [1.807, 2.05) is 30.3 Å². The first-order chi connectivity index (χ1) is 14.9. The van der Waals surface area contributed by atoms with E-state index in [-0.39, 0.29) is 23.8 Å². The maximum absolute atomic E-state index is 12.7. The summed E-state index contributed by atoms with van der Waals surface area (Å²) in [5, 5.41) is 13.6. The molecule has 0 bridgehead atoms. The number of anilines is 1. The Balaban J connectivity index is 1.53. The third kappa shape index (κ3) is 6.02. The van der Waals surface area contributed by atoms with Gasteiger partial charge in [0.15, 0.2) is 0 Å². The molecule has 1 aliphatic rings. The van der Waals surface area contributed by atoms with Gasteiger partial charge in [0.25, 0.3) is 5.91 Å². The van der Waals surface area contributed by atoms with Crippen LogP contribution in [0.25, 0.3) is 6.08 Å². The summed E-state index contributed by atoms with van der Waals surface area (Å²) in [6.07, 6.45) is 3.38. The summed E-state index contributed by atoms with van der Waals surface area (Å²) >= 11 is 6.60. The van der Waals surface area contributed by atoms with E-state index in [0.717, 1.165) is 12.0 Å². The Morgan fingerprint density at radius 2 is 1.94 bits per heavy atom. The SMILES string of the molecule is CCc1ccc(/C=C2/SC(=S)N(CCCC(=O)Nc3cccc(C(=O)[O-])c3)C2=O)cc1. The van der Waals surface area contributed by atoms with Crippen LogP contribution in [0, 0.1) is 0 Å². The van der Waals surface area contributed by atoms with Gasteiger partial charge in [0, 0.05) is 18.7 Å². The van der Waals surface area contributed by atoms with Crippen molar-refractivity contribution in [3.05, 3.63) is 70.1 Å². The van der Waals surface area contributed by atoms with Crippen LogP contribution >= 0.6 is 24.0 Å². The maximum atomic E-state index is 12.7. The molecule has 0 aliphatic carbocycles. The lowest BCUT2D eigenvalue weighted by Gasteiger charge is -2.14. The second kappa shape index (κ2) is 10.4. The lowest BCUT2D eigenvalue weighted by atomic mass is 10.1. The predicted molar refractivity (Wildman–Crippen MR) is 124 cm³/mol. The summed E-state index contributed by atoms with van der Waals surface area (Å²) in [4.78, 5) is 37.8. The number of amides is 2. The Morgan fingerprint density at radius 1 is 1.19 bits per heavy atom. The zero-order valence-electron chi connectivity index (χ0n) is 16.9. The van der Waals surface area contributed by atoms with Crippen molar-refractivity contribution >= 4 is 57.8 Å². The minimum absolute atomic E-state index is 0.00788. The van der Waals surface area contributed by atoms with Crippen LogP contribution < -0.4 is 10.4 Å². The van der Waals surface area contributed by atoms with Crippen molar-refractivity contribution in [2.24, 2.45) is 0 Å². The number of thiocarbonyl (C=S) groups is 1. The zero-order chi connectivity index (χ0) is 22.4. The van der Waals surface area contributed by atoms with Gasteiger partial charge in [-0.2, -0.15) is 0 Å². The third-order valence-electron chi connectivity index (χ3n) is 4.73. The van der Waals surface area contributed by atoms with Gasteiger partial charge in [0.1, 0.15) is 4.32 Å². The van der Waals surface area contributed by atoms with E-state index in [4.69, 9.17) is 12.2 Å². The summed E-state index contributed by atoms with van der Waals surface area (Å²) < 4.78 is 0.475. The average Bonchev–Trinajstić information content (AvgIpc) is 3.01. The quantitative estimate of drug-likeness (QED) is 0.488. The number of aryl methyl sites for hydroxylation is 1. The van der Waals surface area contributed by atoms with Crippen molar-refractivity contribution in [2.75, 3.05) is 11.9 Å². The first kappa shape index (κ1) is 22.7. The lowest BCUT2D eigenvalue weighted by molar-refractivity contribution is -0.255. The van der Waals surface area contributed by atoms with Crippen molar-refractivity contribution in [3.8, 4) is 0 Å². The highest BCUT2D eigenvalue weighted by molar-refractivity contribution is 8.26. The van der Waals surface area contributed by atoms with Crippen molar-refractivity contribution < 1.29 is 19.5 Å². The summed E-state index contributed by atoms with van der Waals surface area (Å²) in [6.45, 7) is 2.42. The Hall–Kier alpha value is -2.97. The van der Waals surface area contributed by atoms with Crippen molar-refractivity contribution in [2.45, 2.75) is 26.2 Å². The molecule has 0 saturated carbocycles. The number of carbonyl (C=O) groups excluding carboxylic acids is 3. The molecule has 3 rings (SSSR count). The van der Waals surface area contributed by atoms with Gasteiger partial charge in [-0.05, 0) is 47.7 Å². The van der Waals surface area contributed by atoms with Gasteiger partial charge in [0.05, 0.1) is 10.9 Å². The summed E-state index contributed by atoms with van der Waals surface area (Å²) in [5.74, 6) is -1.73. The molecule has 2 aromatic rings. The van der Waals surface area contributed by atoms with E-state index >= 15 is 0 Å². The molecule has 6 nitrogen and oxygen atoms in total. The maximum Gasteiger partial charge on any atom is 0.266 e. The molecule has 0 unspecified atom stereocenters. The van der Waals surface area contributed by atoms with E-state index < -0.39 is 5.97 Å². The molecule has 0 radical (unpaired) electrons. The van der Waals surface area contributed by atoms with E-state index in [9.17, 15) is 19.5 Å². The van der Waals surface area contributed by atoms with Gasteiger partial charge in [-0.15, -0.1) is 0 Å². The molecule has 1 saturated heterocycles. The number of nitrogens with one attached hydrogen (secondary N) is 1. The molecule has 2 amide bonds. The molecular weight excluding hydrogens is 432 g/mol. The standard InChI is InChI=1S/C23H22N2O4S2/c1-2-15-8-10-16(11-9-15)13-19-21(27)25(23(30)31-19)12-4-7-20(26)24-18-6-3-5-17(14-18)22(28)29/h3,5-6,8-11,13-14H,2,4,7,12H2,1H3,(H,24,26)(H,28,29)/p-1/b19-13+. The summed E-state index contributed by atoms with van der Waals surface area (Å²) in [6, 6.07) is 13.9. The first-order valence-electron chi connectivity index (χ1n) is 9.83. The number of benzene rings is 2. The number of carboxylic acid groups (broad SMARTS) is 1. The highest BCUT2D eigenvalue weighted by Crippen LogP contribution is 2.32. The minimum Gasteiger partial charge on any atom is -0.545 e. The number of hydrogen-bond donors (Lipinski definition) is 1. The highest BCUT2D eigenvalue weighted by atomic mass is 32.2. The monoisotopic (exact) mass is 453 g/mol. The van der Waals surface area contributed by atoms with Gasteiger partial charge in [0.2, 0.25) is 5.91 Å². The topological polar surface area (TPSA) is 89.5 Å². The summed E-state index contributed by atoms with van der Waals surface area (Å²) in [7, 11) is 0. The molecule has 1 aliphatic heterocycles. The van der Waals surface area contributed by atoms with Crippen molar-refractivity contribution in [3.63, 3.8) is 0 Å². The Kier molecular flexibility index (Phi) is 7.59. The molecule has 0 aromatic heterocycles. The molecule has 0 atom stereocenters. The largest absolute Gasteiger partial charge is 0.545 e. The number of nitrogens with zero attached hydrogens (tertiary/aromatic N) is 1. The second-order valence-corrected chi connectivity index (χ2v) is 8.62. The number of carbonyl (C=O) groups is 3. The fourth-order valence-electron chi connectivity index (χ4n) is 3.04. The van der Waals surface area contributed by atoms with Gasteiger partial charge < -0.3 is 15.2 Å². The molecule has 31 heavy (non-hydrogen) atoms. The lowest BCUT2D eigenvalue weighted by Crippen LogP contribution is -2.29. The number of carboxylic acids is 1. The van der Waals surface area contributed by atoms with Crippen LogP contribution in [0.5, 0.6) is 0 Å². The minimum atomic E-state index is -1.31. The third-order valence-corrected chi connectivity index (χ3v) is 6.10. The predicted octanol–water partition coefficient (Wildman–Crippen LogP) is 3.23. The fraction of sp³-hybridized carbons (Fsp3) is 0.217. The van der Waals surface area contributed by atoms with Crippen LogP contribution in [0.3, 0.4) is 0 Å². The zero-order valence-corrected chi connectivity index (χ0v) is 18.6. The Morgan fingerprint density at radius 3 is 2.61 bits per heavy atom. The van der Waals surface area contributed by atoms with Gasteiger partial charge in [-0.3, -0.25) is 14.5 Å². The van der Waals surface area contributed by atoms with E-state index in [1.54, 1.807) is 6.07 Å². The Labute approximate surface area is 190 Å². The molecule has 1 N–H and O–H groups in total. The van der Waals surface area contributed by atoms with Crippen LogP contribution in [-0.2, 0) is 16.0 Å². The van der Waals surface area contributed by atoms with Gasteiger partial charge >= 0.3 is 0 Å². The van der Waals surface area contributed by atoms with Crippen molar-refractivity contribution in [1.29, 1.82) is 0 Å². The smallest absolute Gasteiger partial charge is 0.266 e. The fourth-order valence-corrected chi connectivity index (χ4v) is 4.35. The number of aromatic carboxylic acids is 1. The molecule has 160 valence electrons. The first-order valence-corrected chi connectivity index (χ1v) is 11.1. The normalized spacial score (nSPS) is 14.9. The molecule has 0 spiro atoms. The van der Waals surface area contributed by atoms with E-state index in [2.05, 4.69) is 12.2 Å². The van der Waals surface area contributed by atoms with Crippen LogP contribution in [0.2, 0.25) is 0 Å². The van der Waals surface area contributed by atoms with E-state index in [1.165, 1.54) is 40.4 Å². The molecule has 8 heteroatoms. The van der Waals surface area contributed by atoms with Crippen molar-refractivity contribution in [1.82, 2.24) is 4.90 Å². The molecule has 1 fully saturated rings. The summed E-state index contributed by atoms with van der Waals surface area (Å²) in [5.41, 5.74) is 2.55. The van der Waals surface area contributed by atoms with Gasteiger partial charge in [-0.1, -0.05) is 67.3 Å². The van der Waals surface area contributed by atoms with Gasteiger partial charge in [-0.25, -0.2) is 0 Å². The number of rotatable bonds is 8. The second-order valence-electron chi connectivity index (χ2n) is 6.95. The Bertz CT molecular complexity index is 1050. The van der Waals surface area contributed by atoms with Crippen LogP contribution in [0.1, 0.15) is 41.3 Å². The van der Waals surface area contributed by atoms with Crippen LogP contribution in [-0.4, -0.2) is 33.5 Å². The van der Waals surface area contributed by atoms with Crippen LogP contribution in [0.4, 0.5) is 5.69 Å². The average molecular weight is 454 g/mol. The highest BCUT2D eigenvalue weighted by Gasteiger charge is 2.31. The van der Waals surface area contributed by atoms with E-state index in [0.29, 0.717) is 27.9 Å². The number of hydrogen-bond acceptors (Lipinski definition) is 6.